The molecule has 5 rings (SSSR count). The largest absolute Gasteiger partial charge is 0.504 e. The molecule has 7 heteroatoms. The number of nitrogens with zero attached hydrogens (tertiary/aromatic N) is 2. The predicted octanol–water partition coefficient (Wildman–Crippen LogP) is 4.87. The van der Waals surface area contributed by atoms with E-state index in [9.17, 15) is 14.7 Å². The molecule has 4 aromatic rings. The van der Waals surface area contributed by atoms with Gasteiger partial charge in [0.25, 0.3) is 11.8 Å². The highest BCUT2D eigenvalue weighted by atomic mass is 16.5. The molecule has 0 bridgehead atoms. The van der Waals surface area contributed by atoms with E-state index in [-0.39, 0.29) is 17.6 Å². The van der Waals surface area contributed by atoms with Gasteiger partial charge in [-0.1, -0.05) is 42.5 Å². The summed E-state index contributed by atoms with van der Waals surface area (Å²) in [5, 5.41) is 16.2. The number of hydrogen-bond acceptors (Lipinski definition) is 5. The second-order valence-electron chi connectivity index (χ2n) is 8.10. The fourth-order valence-corrected chi connectivity index (χ4v) is 4.22. The fraction of sp³-hybridized carbons (Fsp3) is 0.107. The molecule has 0 atom stereocenters. The number of phenolic OH excluding ortho intramolecular Hbond substituents is 1. The third kappa shape index (κ3) is 4.19. The highest BCUT2D eigenvalue weighted by Crippen LogP contribution is 2.38. The number of nitrogens with one attached hydrogen (secondary N) is 1. The number of benzene rings is 4. The summed E-state index contributed by atoms with van der Waals surface area (Å²) in [4.78, 5) is 27.3. The zero-order valence-corrected chi connectivity index (χ0v) is 19.1. The normalized spacial score (nSPS) is 12.5. The summed E-state index contributed by atoms with van der Waals surface area (Å²) in [6.07, 6.45) is 1.36. The molecule has 1 heterocycles. The van der Waals surface area contributed by atoms with Gasteiger partial charge in [0.15, 0.2) is 11.5 Å². The summed E-state index contributed by atoms with van der Waals surface area (Å²) >= 11 is 0. The third-order valence-electron chi connectivity index (χ3n) is 5.91. The number of aromatic hydroxyl groups is 1. The summed E-state index contributed by atoms with van der Waals surface area (Å²) in [6.45, 7) is 2.66. The van der Waals surface area contributed by atoms with Crippen LogP contribution in [0.1, 0.15) is 38.8 Å². The number of rotatable bonds is 7. The number of para-hydroxylation sites is 1. The molecule has 174 valence electrons. The Morgan fingerprint density at radius 3 is 2.54 bits per heavy atom. The molecule has 0 aliphatic carbocycles. The minimum Gasteiger partial charge on any atom is -0.504 e. The molecule has 0 saturated heterocycles. The highest BCUT2D eigenvalue weighted by Gasteiger charge is 2.29. The zero-order valence-electron chi connectivity index (χ0n) is 19.1. The van der Waals surface area contributed by atoms with Crippen LogP contribution in [0.3, 0.4) is 0 Å². The molecule has 1 aliphatic heterocycles. The Morgan fingerprint density at radius 1 is 1.03 bits per heavy atom. The van der Waals surface area contributed by atoms with Gasteiger partial charge in [0.1, 0.15) is 0 Å². The highest BCUT2D eigenvalue weighted by molar-refractivity contribution is 6.24. The molecule has 0 radical (unpaired) electrons. The number of phenols is 1. The van der Waals surface area contributed by atoms with Crippen molar-refractivity contribution >= 4 is 34.5 Å². The van der Waals surface area contributed by atoms with Crippen LogP contribution < -0.4 is 15.1 Å². The van der Waals surface area contributed by atoms with E-state index < -0.39 is 0 Å². The van der Waals surface area contributed by atoms with E-state index in [1.165, 1.54) is 6.21 Å². The van der Waals surface area contributed by atoms with Crippen molar-refractivity contribution in [1.29, 1.82) is 0 Å². The Labute approximate surface area is 202 Å². The van der Waals surface area contributed by atoms with Gasteiger partial charge in [0, 0.05) is 22.1 Å². The Morgan fingerprint density at radius 2 is 1.77 bits per heavy atom. The average molecular weight is 466 g/mol. The van der Waals surface area contributed by atoms with Gasteiger partial charge in [-0.15, -0.1) is 0 Å². The van der Waals surface area contributed by atoms with Gasteiger partial charge >= 0.3 is 0 Å². The Hall–Kier alpha value is -4.65. The van der Waals surface area contributed by atoms with Crippen LogP contribution in [0.5, 0.6) is 11.5 Å². The second-order valence-corrected chi connectivity index (χ2v) is 8.10. The van der Waals surface area contributed by atoms with Gasteiger partial charge in [-0.05, 0) is 54.3 Å². The van der Waals surface area contributed by atoms with Crippen molar-refractivity contribution in [3.63, 3.8) is 0 Å². The minimum atomic E-state index is -0.386. The lowest BCUT2D eigenvalue weighted by molar-refractivity contribution is 0.0953. The van der Waals surface area contributed by atoms with Crippen molar-refractivity contribution in [1.82, 2.24) is 5.43 Å². The molecule has 0 spiro atoms. The van der Waals surface area contributed by atoms with Gasteiger partial charge in [0.05, 0.1) is 25.1 Å². The van der Waals surface area contributed by atoms with Crippen LogP contribution in [0, 0.1) is 0 Å². The van der Waals surface area contributed by atoms with Crippen molar-refractivity contribution in [3.8, 4) is 11.5 Å². The van der Waals surface area contributed by atoms with Crippen molar-refractivity contribution in [2.24, 2.45) is 5.10 Å². The molecule has 1 aliphatic rings. The molecular weight excluding hydrogens is 442 g/mol. The van der Waals surface area contributed by atoms with Crippen LogP contribution in [0.2, 0.25) is 0 Å². The van der Waals surface area contributed by atoms with Crippen LogP contribution >= 0.6 is 0 Å². The van der Waals surface area contributed by atoms with E-state index in [1.54, 1.807) is 35.2 Å². The zero-order chi connectivity index (χ0) is 24.4. The van der Waals surface area contributed by atoms with Crippen molar-refractivity contribution in [2.45, 2.75) is 13.5 Å². The molecule has 0 unspecified atom stereocenters. The standard InChI is InChI=1S/C28H23N3O4/c1-2-35-24-11-5-8-21(26(24)32)16-29-30-27(33)20-14-12-18(13-15-20)17-31-23-10-4-7-19-6-3-9-22(25(19)23)28(31)34/h3-16,32H,2,17H2,1H3,(H,30,33). The van der Waals surface area contributed by atoms with Crippen LogP contribution in [0.15, 0.2) is 84.0 Å². The van der Waals surface area contributed by atoms with E-state index in [4.69, 9.17) is 4.74 Å². The average Bonchev–Trinajstić information content (AvgIpc) is 3.15. The molecule has 0 fully saturated rings. The Kier molecular flexibility index (Phi) is 5.89. The van der Waals surface area contributed by atoms with Crippen molar-refractivity contribution in [3.05, 3.63) is 101 Å². The number of amides is 2. The van der Waals surface area contributed by atoms with Crippen LogP contribution in [-0.4, -0.2) is 29.7 Å². The maximum Gasteiger partial charge on any atom is 0.271 e. The predicted molar refractivity (Wildman–Crippen MR) is 135 cm³/mol. The number of hydrazone groups is 1. The third-order valence-corrected chi connectivity index (χ3v) is 5.91. The van der Waals surface area contributed by atoms with E-state index in [2.05, 4.69) is 10.5 Å². The summed E-state index contributed by atoms with van der Waals surface area (Å²) in [5.41, 5.74) is 5.84. The first-order valence-electron chi connectivity index (χ1n) is 11.3. The minimum absolute atomic E-state index is 0.0235. The van der Waals surface area contributed by atoms with E-state index >= 15 is 0 Å². The lowest BCUT2D eigenvalue weighted by atomic mass is 10.1. The van der Waals surface area contributed by atoms with Crippen molar-refractivity contribution < 1.29 is 19.4 Å². The summed E-state index contributed by atoms with van der Waals surface area (Å²) < 4.78 is 5.35. The van der Waals surface area contributed by atoms with E-state index in [0.29, 0.717) is 35.6 Å². The molecule has 0 aromatic heterocycles. The summed E-state index contributed by atoms with van der Waals surface area (Å²) in [5.74, 6) is -0.0903. The number of carbonyl (C=O) groups is 2. The number of carbonyl (C=O) groups excluding carboxylic acids is 2. The molecule has 2 amide bonds. The maximum absolute atomic E-state index is 13.0. The number of hydrogen-bond donors (Lipinski definition) is 2. The van der Waals surface area contributed by atoms with Crippen LogP contribution in [0.25, 0.3) is 10.8 Å². The molecular formula is C28H23N3O4. The van der Waals surface area contributed by atoms with Gasteiger partial charge < -0.3 is 14.7 Å². The van der Waals surface area contributed by atoms with E-state index in [0.717, 1.165) is 22.0 Å². The smallest absolute Gasteiger partial charge is 0.271 e. The quantitative estimate of drug-likeness (QED) is 0.301. The van der Waals surface area contributed by atoms with Gasteiger partial charge in [0.2, 0.25) is 0 Å². The lowest BCUT2D eigenvalue weighted by Crippen LogP contribution is -2.26. The molecule has 35 heavy (non-hydrogen) atoms. The lowest BCUT2D eigenvalue weighted by Gasteiger charge is -2.18. The first kappa shape index (κ1) is 22.2. The fourth-order valence-electron chi connectivity index (χ4n) is 4.22. The number of anilines is 1. The molecule has 0 saturated carbocycles. The second kappa shape index (κ2) is 9.30. The first-order valence-corrected chi connectivity index (χ1v) is 11.3. The first-order chi connectivity index (χ1) is 17.1. The molecule has 2 N–H and O–H groups in total. The number of ether oxygens (including phenoxy) is 1. The summed E-state index contributed by atoms with van der Waals surface area (Å²) in [7, 11) is 0. The Bertz CT molecular complexity index is 1460. The van der Waals surface area contributed by atoms with Crippen LogP contribution in [0.4, 0.5) is 5.69 Å². The maximum atomic E-state index is 13.0. The monoisotopic (exact) mass is 465 g/mol. The van der Waals surface area contributed by atoms with Gasteiger partial charge in [-0.25, -0.2) is 5.43 Å². The topological polar surface area (TPSA) is 91.2 Å². The van der Waals surface area contributed by atoms with Crippen molar-refractivity contribution in [2.75, 3.05) is 11.5 Å². The molecule has 7 nitrogen and oxygen atoms in total. The SMILES string of the molecule is CCOc1cccc(C=NNC(=O)c2ccc(CN3C(=O)c4cccc5cccc3c45)cc2)c1O. The van der Waals surface area contributed by atoms with Gasteiger partial charge in [-0.3, -0.25) is 9.59 Å². The van der Waals surface area contributed by atoms with E-state index in [1.807, 2.05) is 55.5 Å². The van der Waals surface area contributed by atoms with Crippen LogP contribution in [-0.2, 0) is 6.54 Å². The summed E-state index contributed by atoms with van der Waals surface area (Å²) in [6, 6.07) is 23.8. The van der Waals surface area contributed by atoms with Gasteiger partial charge in [-0.2, -0.15) is 5.10 Å². The Balaban J connectivity index is 1.26. The molecule has 4 aromatic carbocycles.